The maximum absolute atomic E-state index is 12.7. The lowest BCUT2D eigenvalue weighted by Gasteiger charge is -2.12. The van der Waals surface area contributed by atoms with Crippen molar-refractivity contribution in [2.24, 2.45) is 7.05 Å². The third-order valence-electron chi connectivity index (χ3n) is 5.67. The van der Waals surface area contributed by atoms with Gasteiger partial charge in [0.05, 0.1) is 26.4 Å². The molecule has 0 aliphatic heterocycles. The van der Waals surface area contributed by atoms with Gasteiger partial charge in [0.1, 0.15) is 12.4 Å². The second-order valence-electron chi connectivity index (χ2n) is 8.07. The summed E-state index contributed by atoms with van der Waals surface area (Å²) in [6.07, 6.45) is -3.76. The van der Waals surface area contributed by atoms with Gasteiger partial charge >= 0.3 is 5.69 Å². The number of aryl methyl sites for hydroxylation is 1. The number of aliphatic hydroxyl groups excluding tert-OH is 2. The number of methoxy groups -OCH3 is 1. The fourth-order valence-electron chi connectivity index (χ4n) is 3.79. The number of ether oxygens (including phenoxy) is 2. The number of nitrogens with one attached hydrogen (secondary N) is 1. The van der Waals surface area contributed by atoms with Crippen LogP contribution in [0.25, 0.3) is 22.6 Å². The third-order valence-corrected chi connectivity index (χ3v) is 5.67. The number of aliphatic hydroxyl groups is 2. The molecule has 0 spiro atoms. The Morgan fingerprint density at radius 3 is 2.47 bits per heavy atom. The summed E-state index contributed by atoms with van der Waals surface area (Å²) in [5, 5.41) is 19.0. The van der Waals surface area contributed by atoms with Gasteiger partial charge in [0.25, 0.3) is 12.0 Å². The molecule has 2 aromatic carbocycles. The third kappa shape index (κ3) is 4.86. The van der Waals surface area contributed by atoms with Gasteiger partial charge in [0.2, 0.25) is 0 Å². The summed E-state index contributed by atoms with van der Waals surface area (Å²) in [5.41, 5.74) is -0.0494. The van der Waals surface area contributed by atoms with E-state index in [0.29, 0.717) is 28.5 Å². The van der Waals surface area contributed by atoms with E-state index in [4.69, 9.17) is 14.6 Å². The highest BCUT2D eigenvalue weighted by Crippen LogP contribution is 2.33. The average molecular weight is 502 g/mol. The summed E-state index contributed by atoms with van der Waals surface area (Å²) < 4.78 is 39.4. The van der Waals surface area contributed by atoms with Crippen molar-refractivity contribution in [2.75, 3.05) is 13.7 Å². The first kappa shape index (κ1) is 25.1. The molecule has 0 aliphatic rings. The number of aromatic nitrogens is 4. The van der Waals surface area contributed by atoms with Crippen LogP contribution in [0.1, 0.15) is 17.6 Å². The van der Waals surface area contributed by atoms with Gasteiger partial charge in [0.15, 0.2) is 22.7 Å². The van der Waals surface area contributed by atoms with E-state index in [1.54, 1.807) is 37.4 Å². The highest BCUT2D eigenvalue weighted by atomic mass is 19.3. The highest BCUT2D eigenvalue weighted by Gasteiger charge is 2.20. The van der Waals surface area contributed by atoms with Crippen molar-refractivity contribution in [2.45, 2.75) is 25.7 Å². The number of imidazole rings is 1. The van der Waals surface area contributed by atoms with Gasteiger partial charge in [0, 0.05) is 18.2 Å². The predicted molar refractivity (Wildman–Crippen MR) is 126 cm³/mol. The van der Waals surface area contributed by atoms with Crippen LogP contribution in [-0.2, 0) is 20.2 Å². The number of benzene rings is 2. The zero-order valence-corrected chi connectivity index (χ0v) is 19.4. The van der Waals surface area contributed by atoms with E-state index >= 15 is 0 Å². The van der Waals surface area contributed by atoms with Gasteiger partial charge < -0.3 is 24.3 Å². The SMILES string of the molecule is COc1cc(-c2nc3c(c(=O)[nH]c(=O)n3CC(O)CO)n2C)ccc1OCc1ccc(C(F)F)cc1. The van der Waals surface area contributed by atoms with Crippen molar-refractivity contribution >= 4 is 11.2 Å². The van der Waals surface area contributed by atoms with Gasteiger partial charge in [-0.25, -0.2) is 18.6 Å². The number of nitrogens with zero attached hydrogens (tertiary/aromatic N) is 3. The molecule has 0 bridgehead atoms. The lowest BCUT2D eigenvalue weighted by Crippen LogP contribution is -2.35. The van der Waals surface area contributed by atoms with Gasteiger partial charge in [-0.3, -0.25) is 14.3 Å². The Morgan fingerprint density at radius 2 is 1.83 bits per heavy atom. The smallest absolute Gasteiger partial charge is 0.330 e. The summed E-state index contributed by atoms with van der Waals surface area (Å²) in [7, 11) is 3.06. The average Bonchev–Trinajstić information content (AvgIpc) is 3.22. The first-order valence-corrected chi connectivity index (χ1v) is 10.9. The summed E-state index contributed by atoms with van der Waals surface area (Å²) in [5.74, 6) is 1.12. The molecule has 0 aliphatic carbocycles. The normalized spacial score (nSPS) is 12.3. The Balaban J connectivity index is 1.67. The van der Waals surface area contributed by atoms with Crippen LogP contribution in [0, 0.1) is 0 Å². The lowest BCUT2D eigenvalue weighted by molar-refractivity contribution is 0.0810. The molecule has 1 atom stereocenters. The van der Waals surface area contributed by atoms with E-state index < -0.39 is 30.4 Å². The minimum atomic E-state index is -2.54. The van der Waals surface area contributed by atoms with E-state index in [2.05, 4.69) is 9.97 Å². The highest BCUT2D eigenvalue weighted by molar-refractivity contribution is 5.77. The number of aromatic amines is 1. The summed E-state index contributed by atoms with van der Waals surface area (Å²) in [6.45, 7) is -0.699. The number of fused-ring (bicyclic) bond motifs is 1. The quantitative estimate of drug-likeness (QED) is 0.319. The second-order valence-corrected chi connectivity index (χ2v) is 8.07. The van der Waals surface area contributed by atoms with Gasteiger partial charge in [-0.15, -0.1) is 0 Å². The molecule has 2 aromatic heterocycles. The fourth-order valence-corrected chi connectivity index (χ4v) is 3.79. The summed E-state index contributed by atoms with van der Waals surface area (Å²) >= 11 is 0. The summed E-state index contributed by atoms with van der Waals surface area (Å²) in [6, 6.07) is 10.8. The van der Waals surface area contributed by atoms with E-state index in [-0.39, 0.29) is 29.9 Å². The molecule has 10 nitrogen and oxygen atoms in total. The molecule has 0 saturated carbocycles. The molecule has 3 N–H and O–H groups in total. The molecule has 0 saturated heterocycles. The molecular weight excluding hydrogens is 478 g/mol. The van der Waals surface area contributed by atoms with Crippen LogP contribution in [0.2, 0.25) is 0 Å². The van der Waals surface area contributed by atoms with Crippen molar-refractivity contribution < 1.29 is 28.5 Å². The Kier molecular flexibility index (Phi) is 7.17. The number of alkyl halides is 2. The van der Waals surface area contributed by atoms with Gasteiger partial charge in [-0.2, -0.15) is 0 Å². The van der Waals surface area contributed by atoms with Crippen molar-refractivity contribution in [1.29, 1.82) is 0 Å². The second kappa shape index (κ2) is 10.3. The van der Waals surface area contributed by atoms with Crippen molar-refractivity contribution in [3.63, 3.8) is 0 Å². The first-order valence-electron chi connectivity index (χ1n) is 10.9. The van der Waals surface area contributed by atoms with E-state index in [1.807, 2.05) is 0 Å². The standard InChI is InChI=1S/C24H24F2N4O6/c1-29-19-22(30(10-16(32)11-31)24(34)28-23(19)33)27-21(29)15-7-8-17(18(9-15)35-2)36-12-13-3-5-14(6-4-13)20(25)26/h3-9,16,20,31-32H,10-12H2,1-2H3,(H,28,33,34). The molecule has 36 heavy (non-hydrogen) atoms. The minimum Gasteiger partial charge on any atom is -0.493 e. The molecule has 0 amide bonds. The lowest BCUT2D eigenvalue weighted by atomic mass is 10.1. The summed E-state index contributed by atoms with van der Waals surface area (Å²) in [4.78, 5) is 31.5. The Bertz CT molecular complexity index is 1490. The molecular formula is C24H24F2N4O6. The Morgan fingerprint density at radius 1 is 1.11 bits per heavy atom. The molecule has 190 valence electrons. The number of rotatable bonds is 9. The zero-order chi connectivity index (χ0) is 26.0. The number of H-pyrrole nitrogens is 1. The van der Waals surface area contributed by atoms with E-state index in [9.17, 15) is 23.5 Å². The molecule has 1 unspecified atom stereocenters. The number of hydrogen-bond donors (Lipinski definition) is 3. The van der Waals surface area contributed by atoms with Crippen LogP contribution in [-0.4, -0.2) is 49.1 Å². The predicted octanol–water partition coefficient (Wildman–Crippen LogP) is 1.97. The molecule has 12 heteroatoms. The molecule has 0 fully saturated rings. The van der Waals surface area contributed by atoms with Crippen LogP contribution in [0.3, 0.4) is 0 Å². The minimum absolute atomic E-state index is 0.0558. The van der Waals surface area contributed by atoms with Gasteiger partial charge in [-0.05, 0) is 23.8 Å². The number of hydrogen-bond acceptors (Lipinski definition) is 7. The molecule has 4 aromatic rings. The van der Waals surface area contributed by atoms with Crippen molar-refractivity contribution in [3.05, 3.63) is 74.4 Å². The van der Waals surface area contributed by atoms with Crippen LogP contribution in [0.15, 0.2) is 52.1 Å². The largest absolute Gasteiger partial charge is 0.493 e. The Labute approximate surface area is 203 Å². The topological polar surface area (TPSA) is 132 Å². The Hall–Kier alpha value is -4.03. The van der Waals surface area contributed by atoms with Crippen LogP contribution < -0.4 is 20.7 Å². The van der Waals surface area contributed by atoms with Crippen LogP contribution in [0.4, 0.5) is 8.78 Å². The molecule has 2 heterocycles. The van der Waals surface area contributed by atoms with Gasteiger partial charge in [-0.1, -0.05) is 24.3 Å². The molecule has 4 rings (SSSR count). The van der Waals surface area contributed by atoms with Crippen LogP contribution in [0.5, 0.6) is 11.5 Å². The first-order chi connectivity index (χ1) is 17.2. The van der Waals surface area contributed by atoms with Crippen molar-refractivity contribution in [1.82, 2.24) is 19.1 Å². The van der Waals surface area contributed by atoms with Crippen LogP contribution >= 0.6 is 0 Å². The number of halogens is 2. The maximum Gasteiger partial charge on any atom is 0.330 e. The fraction of sp³-hybridized carbons (Fsp3) is 0.292. The van der Waals surface area contributed by atoms with E-state index in [0.717, 1.165) is 4.57 Å². The molecule has 0 radical (unpaired) electrons. The monoisotopic (exact) mass is 502 g/mol. The zero-order valence-electron chi connectivity index (χ0n) is 19.4. The van der Waals surface area contributed by atoms with Crippen molar-refractivity contribution in [3.8, 4) is 22.9 Å². The van der Waals surface area contributed by atoms with E-state index in [1.165, 1.54) is 23.8 Å². The maximum atomic E-state index is 12.7.